The zero-order valence-corrected chi connectivity index (χ0v) is 9.72. The number of hydrogen-bond donors (Lipinski definition) is 1. The molecule has 14 heavy (non-hydrogen) atoms. The predicted octanol–water partition coefficient (Wildman–Crippen LogP) is 1.16. The summed E-state index contributed by atoms with van der Waals surface area (Å²) < 4.78 is 9.92. The molecule has 0 aromatic heterocycles. The molecule has 0 bridgehead atoms. The molecule has 0 rings (SSSR count). The normalized spacial score (nSPS) is 11.9. The minimum Gasteiger partial charge on any atom is -0.354 e. The SMILES string of the molecule is CCC(C)(C)C(=O)NCC(OC)OC. The molecule has 4 nitrogen and oxygen atoms in total. The van der Waals surface area contributed by atoms with Gasteiger partial charge in [-0.3, -0.25) is 4.79 Å². The average Bonchev–Trinajstić information content (AvgIpc) is 2.19. The van der Waals surface area contributed by atoms with Gasteiger partial charge < -0.3 is 14.8 Å². The van der Waals surface area contributed by atoms with Crippen LogP contribution in [-0.2, 0) is 14.3 Å². The highest BCUT2D eigenvalue weighted by atomic mass is 16.7. The Hall–Kier alpha value is -0.610. The molecule has 0 fully saturated rings. The second kappa shape index (κ2) is 5.98. The van der Waals surface area contributed by atoms with E-state index in [9.17, 15) is 4.79 Å². The first-order valence-corrected chi connectivity index (χ1v) is 4.81. The summed E-state index contributed by atoms with van der Waals surface area (Å²) in [6.45, 7) is 6.20. The van der Waals surface area contributed by atoms with Gasteiger partial charge in [-0.05, 0) is 6.42 Å². The number of rotatable bonds is 6. The van der Waals surface area contributed by atoms with E-state index in [1.54, 1.807) is 14.2 Å². The number of methoxy groups -OCH3 is 2. The van der Waals surface area contributed by atoms with Crippen molar-refractivity contribution in [3.8, 4) is 0 Å². The zero-order valence-electron chi connectivity index (χ0n) is 9.72. The lowest BCUT2D eigenvalue weighted by Crippen LogP contribution is -2.41. The minimum atomic E-state index is -0.369. The first kappa shape index (κ1) is 13.4. The number of ether oxygens (including phenoxy) is 2. The molecule has 0 radical (unpaired) electrons. The van der Waals surface area contributed by atoms with Gasteiger partial charge in [0.2, 0.25) is 5.91 Å². The molecule has 0 aliphatic rings. The van der Waals surface area contributed by atoms with E-state index in [1.807, 2.05) is 20.8 Å². The maximum absolute atomic E-state index is 11.6. The van der Waals surface area contributed by atoms with Crippen LogP contribution >= 0.6 is 0 Å². The topological polar surface area (TPSA) is 47.6 Å². The summed E-state index contributed by atoms with van der Waals surface area (Å²) in [6.07, 6.45) is 0.440. The van der Waals surface area contributed by atoms with Crippen molar-refractivity contribution in [3.63, 3.8) is 0 Å². The van der Waals surface area contributed by atoms with Crippen molar-refractivity contribution in [1.29, 1.82) is 0 Å². The molecule has 0 aromatic rings. The largest absolute Gasteiger partial charge is 0.354 e. The standard InChI is InChI=1S/C10H21NO3/c1-6-10(2,3)9(12)11-7-8(13-4)14-5/h8H,6-7H2,1-5H3,(H,11,12). The van der Waals surface area contributed by atoms with E-state index in [-0.39, 0.29) is 17.6 Å². The lowest BCUT2D eigenvalue weighted by molar-refractivity contribution is -0.135. The van der Waals surface area contributed by atoms with E-state index in [2.05, 4.69) is 5.32 Å². The van der Waals surface area contributed by atoms with Gasteiger partial charge >= 0.3 is 0 Å². The first-order valence-electron chi connectivity index (χ1n) is 4.81. The van der Waals surface area contributed by atoms with Crippen LogP contribution in [0.2, 0.25) is 0 Å². The molecule has 0 heterocycles. The molecule has 4 heteroatoms. The van der Waals surface area contributed by atoms with Gasteiger partial charge in [0.25, 0.3) is 0 Å². The second-order valence-electron chi connectivity index (χ2n) is 3.85. The Morgan fingerprint density at radius 3 is 2.21 bits per heavy atom. The Balaban J connectivity index is 3.95. The Kier molecular flexibility index (Phi) is 5.72. The fourth-order valence-corrected chi connectivity index (χ4v) is 0.839. The van der Waals surface area contributed by atoms with Crippen LogP contribution in [0.1, 0.15) is 27.2 Å². The van der Waals surface area contributed by atoms with Crippen molar-refractivity contribution in [2.75, 3.05) is 20.8 Å². The average molecular weight is 203 g/mol. The van der Waals surface area contributed by atoms with Crippen LogP contribution in [0, 0.1) is 5.41 Å². The van der Waals surface area contributed by atoms with Crippen LogP contribution in [0.15, 0.2) is 0 Å². The molecule has 0 aliphatic heterocycles. The Morgan fingerprint density at radius 1 is 1.36 bits per heavy atom. The Labute approximate surface area is 86.0 Å². The number of nitrogens with one attached hydrogen (secondary N) is 1. The van der Waals surface area contributed by atoms with Gasteiger partial charge in [0, 0.05) is 19.6 Å². The highest BCUT2D eigenvalue weighted by molar-refractivity contribution is 5.81. The fraction of sp³-hybridized carbons (Fsp3) is 0.900. The molecule has 84 valence electrons. The molecular weight excluding hydrogens is 182 g/mol. The summed E-state index contributed by atoms with van der Waals surface area (Å²) in [4.78, 5) is 11.6. The van der Waals surface area contributed by atoms with Gasteiger partial charge in [0.15, 0.2) is 6.29 Å². The molecule has 0 spiro atoms. The predicted molar refractivity (Wildman–Crippen MR) is 54.9 cm³/mol. The Morgan fingerprint density at radius 2 is 1.86 bits per heavy atom. The zero-order chi connectivity index (χ0) is 11.2. The van der Waals surface area contributed by atoms with Gasteiger partial charge in [-0.25, -0.2) is 0 Å². The van der Waals surface area contributed by atoms with Gasteiger partial charge in [-0.1, -0.05) is 20.8 Å². The van der Waals surface area contributed by atoms with Crippen LogP contribution in [0.5, 0.6) is 0 Å². The quantitative estimate of drug-likeness (QED) is 0.659. The second-order valence-corrected chi connectivity index (χ2v) is 3.85. The van der Waals surface area contributed by atoms with E-state index in [0.29, 0.717) is 6.54 Å². The van der Waals surface area contributed by atoms with Gasteiger partial charge in [0.1, 0.15) is 0 Å². The molecule has 0 saturated heterocycles. The van der Waals surface area contributed by atoms with Crippen LogP contribution < -0.4 is 5.32 Å². The molecule has 0 aromatic carbocycles. The van der Waals surface area contributed by atoms with Gasteiger partial charge in [-0.15, -0.1) is 0 Å². The minimum absolute atomic E-state index is 0.0269. The lowest BCUT2D eigenvalue weighted by atomic mass is 9.89. The molecule has 0 saturated carbocycles. The maximum atomic E-state index is 11.6. The third-order valence-corrected chi connectivity index (χ3v) is 2.45. The van der Waals surface area contributed by atoms with Crippen molar-refractivity contribution >= 4 is 5.91 Å². The smallest absolute Gasteiger partial charge is 0.225 e. The van der Waals surface area contributed by atoms with Crippen LogP contribution in [-0.4, -0.2) is 33.0 Å². The van der Waals surface area contributed by atoms with Crippen LogP contribution in [0.3, 0.4) is 0 Å². The lowest BCUT2D eigenvalue weighted by Gasteiger charge is -2.23. The first-order chi connectivity index (χ1) is 6.47. The summed E-state index contributed by atoms with van der Waals surface area (Å²) in [7, 11) is 3.09. The third-order valence-electron chi connectivity index (χ3n) is 2.45. The van der Waals surface area contributed by atoms with E-state index < -0.39 is 0 Å². The van der Waals surface area contributed by atoms with E-state index in [0.717, 1.165) is 6.42 Å². The number of amides is 1. The number of carbonyl (C=O) groups is 1. The van der Waals surface area contributed by atoms with E-state index in [1.165, 1.54) is 0 Å². The summed E-state index contributed by atoms with van der Waals surface area (Å²) in [5.74, 6) is 0.0269. The van der Waals surface area contributed by atoms with Crippen molar-refractivity contribution in [1.82, 2.24) is 5.32 Å². The highest BCUT2D eigenvalue weighted by Crippen LogP contribution is 2.19. The molecule has 1 N–H and O–H groups in total. The van der Waals surface area contributed by atoms with Gasteiger partial charge in [-0.2, -0.15) is 0 Å². The van der Waals surface area contributed by atoms with E-state index in [4.69, 9.17) is 9.47 Å². The highest BCUT2D eigenvalue weighted by Gasteiger charge is 2.25. The summed E-state index contributed by atoms with van der Waals surface area (Å²) >= 11 is 0. The van der Waals surface area contributed by atoms with Crippen molar-refractivity contribution < 1.29 is 14.3 Å². The molecule has 0 atom stereocenters. The van der Waals surface area contributed by atoms with Crippen LogP contribution in [0.4, 0.5) is 0 Å². The molecule has 0 aliphatic carbocycles. The molecule has 1 amide bonds. The fourth-order valence-electron chi connectivity index (χ4n) is 0.839. The maximum Gasteiger partial charge on any atom is 0.225 e. The summed E-state index contributed by atoms with van der Waals surface area (Å²) in [5.41, 5.74) is -0.327. The van der Waals surface area contributed by atoms with Crippen LogP contribution in [0.25, 0.3) is 0 Å². The third kappa shape index (κ3) is 4.07. The molecule has 0 unspecified atom stereocenters. The van der Waals surface area contributed by atoms with Crippen molar-refractivity contribution in [3.05, 3.63) is 0 Å². The summed E-state index contributed by atoms with van der Waals surface area (Å²) in [5, 5.41) is 2.79. The monoisotopic (exact) mass is 203 g/mol. The number of carbonyl (C=O) groups excluding carboxylic acids is 1. The number of hydrogen-bond acceptors (Lipinski definition) is 3. The molecular formula is C10H21NO3. The van der Waals surface area contributed by atoms with Crippen molar-refractivity contribution in [2.24, 2.45) is 5.41 Å². The Bertz CT molecular complexity index is 176. The summed E-state index contributed by atoms with van der Waals surface area (Å²) in [6, 6.07) is 0. The van der Waals surface area contributed by atoms with E-state index >= 15 is 0 Å². The van der Waals surface area contributed by atoms with Gasteiger partial charge in [0.05, 0.1) is 6.54 Å². The van der Waals surface area contributed by atoms with Crippen molar-refractivity contribution in [2.45, 2.75) is 33.5 Å².